The van der Waals surface area contributed by atoms with Gasteiger partial charge in [-0.05, 0) is 40.8 Å². The maximum absolute atomic E-state index is 9.27. The molecule has 55 valence electrons. The number of hydrogen-bond donors (Lipinski definition) is 1. The fourth-order valence-corrected chi connectivity index (χ4v) is 2.27. The molecule has 0 aliphatic rings. The van der Waals surface area contributed by atoms with E-state index in [4.69, 9.17) is 4.12 Å². The van der Waals surface area contributed by atoms with Crippen LogP contribution in [-0.2, 0) is 4.12 Å². The minimum Gasteiger partial charge on any atom is -0.508 e. The summed E-state index contributed by atoms with van der Waals surface area (Å²) in [5.41, 5.74) is 0. The molecule has 0 aliphatic heterocycles. The van der Waals surface area contributed by atoms with E-state index in [1.165, 1.54) is 0 Å². The topological polar surface area (TPSA) is 29.5 Å². The average molecular weight is 291 g/mol. The van der Waals surface area contributed by atoms with Gasteiger partial charge in [0.05, 0.1) is 0 Å². The largest absolute Gasteiger partial charge is 0.508 e. The van der Waals surface area contributed by atoms with Crippen molar-refractivity contribution in [1.29, 1.82) is 0 Å². The maximum atomic E-state index is 9.27. The highest BCUT2D eigenvalue weighted by Gasteiger charge is 2.01. The third kappa shape index (κ3) is 2.58. The lowest BCUT2D eigenvalue weighted by Crippen LogP contribution is -2.17. The van der Waals surface area contributed by atoms with E-state index in [0.717, 1.165) is 8.76 Å². The second kappa shape index (κ2) is 4.24. The predicted octanol–water partition coefficient (Wildman–Crippen LogP) is 0.341. The third-order valence-corrected chi connectivity index (χ3v) is 2.82. The van der Waals surface area contributed by atoms with Gasteiger partial charge in [0, 0.05) is 8.76 Å². The Morgan fingerprint density at radius 2 is 2.27 bits per heavy atom. The highest BCUT2D eigenvalue weighted by molar-refractivity contribution is 14.1. The fourth-order valence-electron chi connectivity index (χ4n) is 0.645. The molecule has 0 saturated heterocycles. The Morgan fingerprint density at radius 3 is 2.91 bits per heavy atom. The Hall–Kier alpha value is 0.144. The van der Waals surface area contributed by atoms with Crippen LogP contribution in [0.2, 0.25) is 0 Å². The number of benzene rings is 1. The summed E-state index contributed by atoms with van der Waals surface area (Å²) in [7, 11) is 3.03. The summed E-state index contributed by atoms with van der Waals surface area (Å²) in [6.07, 6.45) is 0. The van der Waals surface area contributed by atoms with Crippen LogP contribution in [0.25, 0.3) is 0 Å². The first-order valence-corrected chi connectivity index (χ1v) is 5.20. The lowest BCUT2D eigenvalue weighted by atomic mass is 10.3. The van der Waals surface area contributed by atoms with Crippen LogP contribution in [0.5, 0.6) is 5.75 Å². The summed E-state index contributed by atoms with van der Waals surface area (Å²) in [6, 6.07) is 5.39. The highest BCUT2D eigenvalue weighted by Crippen LogP contribution is 2.08. The number of rotatable bonds is 2. The zero-order chi connectivity index (χ0) is 8.27. The second-order valence-corrected chi connectivity index (χ2v) is 4.67. The molecule has 1 aromatic carbocycles. The van der Waals surface area contributed by atoms with Crippen LogP contribution < -0.4 is 5.19 Å². The molecule has 5 radical (unpaired) electrons. The first-order chi connectivity index (χ1) is 5.24. The lowest BCUT2D eigenvalue weighted by Gasteiger charge is -2.00. The summed E-state index contributed by atoms with van der Waals surface area (Å²) in [6.45, 7) is 0. The Labute approximate surface area is 84.6 Å². The Balaban J connectivity index is 2.93. The second-order valence-electron chi connectivity index (χ2n) is 1.87. The molecule has 0 fully saturated rings. The lowest BCUT2D eigenvalue weighted by molar-refractivity contribution is 0.478. The van der Waals surface area contributed by atoms with Crippen molar-refractivity contribution in [2.75, 3.05) is 0 Å². The normalized spacial score (nSPS) is 10.0. The maximum Gasteiger partial charge on any atom is 0.260 e. The standard InChI is InChI=1S/C6H4IO2Si2/c7-4-1-2-5(8)6(3-4)11-9-10/h1-3,8H. The average Bonchev–Trinajstić information content (AvgIpc) is 1.98. The summed E-state index contributed by atoms with van der Waals surface area (Å²) >= 11 is 2.18. The molecule has 0 aromatic heterocycles. The molecule has 11 heavy (non-hydrogen) atoms. The molecule has 1 aromatic rings. The number of halogens is 1. The molecular weight excluding hydrogens is 287 g/mol. The minimum atomic E-state index is 0.141. The van der Waals surface area contributed by atoms with E-state index in [0.29, 0.717) is 0 Å². The van der Waals surface area contributed by atoms with Crippen molar-refractivity contribution >= 4 is 48.0 Å². The first-order valence-electron chi connectivity index (χ1n) is 2.81. The van der Waals surface area contributed by atoms with Crippen LogP contribution in [0.15, 0.2) is 18.2 Å². The van der Waals surface area contributed by atoms with Crippen molar-refractivity contribution in [3.05, 3.63) is 21.8 Å². The van der Waals surface area contributed by atoms with Crippen LogP contribution in [-0.4, -0.2) is 25.4 Å². The van der Waals surface area contributed by atoms with Crippen LogP contribution >= 0.6 is 22.6 Å². The van der Waals surface area contributed by atoms with Gasteiger partial charge in [-0.2, -0.15) is 0 Å². The molecular formula is C6H4IO2Si2. The van der Waals surface area contributed by atoms with Crippen molar-refractivity contribution in [3.63, 3.8) is 0 Å². The smallest absolute Gasteiger partial charge is 0.260 e. The van der Waals surface area contributed by atoms with Gasteiger partial charge in [-0.1, -0.05) is 0 Å². The molecule has 5 heteroatoms. The van der Waals surface area contributed by atoms with Gasteiger partial charge in [0.1, 0.15) is 5.75 Å². The van der Waals surface area contributed by atoms with Crippen molar-refractivity contribution in [1.82, 2.24) is 0 Å². The quantitative estimate of drug-likeness (QED) is 0.629. The summed E-state index contributed by atoms with van der Waals surface area (Å²) in [4.78, 5) is 0. The molecule has 0 saturated carbocycles. The van der Waals surface area contributed by atoms with Gasteiger partial charge >= 0.3 is 0 Å². The number of phenols is 1. The monoisotopic (exact) mass is 291 g/mol. The molecule has 0 bridgehead atoms. The van der Waals surface area contributed by atoms with E-state index < -0.39 is 0 Å². The van der Waals surface area contributed by atoms with Gasteiger partial charge in [0.25, 0.3) is 9.76 Å². The van der Waals surface area contributed by atoms with Crippen LogP contribution in [0.4, 0.5) is 0 Å². The van der Waals surface area contributed by atoms with Gasteiger partial charge in [0.15, 0.2) is 0 Å². The van der Waals surface area contributed by atoms with Crippen molar-refractivity contribution in [2.24, 2.45) is 0 Å². The molecule has 1 rings (SSSR count). The van der Waals surface area contributed by atoms with Gasteiger partial charge in [-0.3, -0.25) is 0 Å². The predicted molar refractivity (Wildman–Crippen MR) is 53.1 cm³/mol. The molecule has 2 nitrogen and oxygen atoms in total. The number of aromatic hydroxyl groups is 1. The molecule has 0 spiro atoms. The van der Waals surface area contributed by atoms with Gasteiger partial charge in [-0.25, -0.2) is 0 Å². The Bertz CT molecular complexity index is 254. The molecule has 0 aliphatic carbocycles. The van der Waals surface area contributed by atoms with Crippen LogP contribution in [0.1, 0.15) is 0 Å². The molecule has 0 amide bonds. The first kappa shape index (κ1) is 9.23. The van der Waals surface area contributed by atoms with E-state index in [9.17, 15) is 5.11 Å². The summed E-state index contributed by atoms with van der Waals surface area (Å²) in [5, 5.41) is 10.1. The van der Waals surface area contributed by atoms with Gasteiger partial charge in [0.2, 0.25) is 10.5 Å². The molecule has 1 N–H and O–H groups in total. The third-order valence-electron chi connectivity index (χ3n) is 1.12. The zero-order valence-electron chi connectivity index (χ0n) is 5.47. The minimum absolute atomic E-state index is 0.141. The van der Waals surface area contributed by atoms with Crippen molar-refractivity contribution in [2.45, 2.75) is 0 Å². The van der Waals surface area contributed by atoms with Crippen LogP contribution in [0.3, 0.4) is 0 Å². The number of hydrogen-bond acceptors (Lipinski definition) is 2. The van der Waals surface area contributed by atoms with E-state index in [1.807, 2.05) is 12.1 Å². The molecule has 0 atom stereocenters. The van der Waals surface area contributed by atoms with E-state index in [1.54, 1.807) is 6.07 Å². The van der Waals surface area contributed by atoms with Gasteiger partial charge in [-0.15, -0.1) is 0 Å². The van der Waals surface area contributed by atoms with E-state index >= 15 is 0 Å². The molecule has 0 unspecified atom stereocenters. The van der Waals surface area contributed by atoms with Crippen LogP contribution in [0, 0.1) is 3.57 Å². The van der Waals surface area contributed by atoms with Crippen molar-refractivity contribution < 1.29 is 9.22 Å². The Morgan fingerprint density at radius 1 is 1.55 bits per heavy atom. The highest BCUT2D eigenvalue weighted by atomic mass is 127. The van der Waals surface area contributed by atoms with Crippen molar-refractivity contribution in [3.8, 4) is 5.75 Å². The van der Waals surface area contributed by atoms with Gasteiger partial charge < -0.3 is 9.22 Å². The Kier molecular flexibility index (Phi) is 3.56. The summed E-state index contributed by atoms with van der Waals surface area (Å²) < 4.78 is 5.82. The molecule has 0 heterocycles. The zero-order valence-corrected chi connectivity index (χ0v) is 9.62. The number of phenolic OH excluding ortho intramolecular Hbond substituents is 1. The summed E-state index contributed by atoms with van der Waals surface area (Å²) in [5.74, 6) is 0.280. The fraction of sp³-hybridized carbons (Fsp3) is 0. The van der Waals surface area contributed by atoms with E-state index in [-0.39, 0.29) is 15.5 Å². The van der Waals surface area contributed by atoms with E-state index in [2.05, 4.69) is 33.1 Å². The SMILES string of the molecule is Oc1ccc(I)cc1[Si]O[Si].